The number of carbonyl (C=O) groups excluding carboxylic acids is 1. The van der Waals surface area contributed by atoms with Crippen molar-refractivity contribution in [2.24, 2.45) is 0 Å². The van der Waals surface area contributed by atoms with Crippen molar-refractivity contribution >= 4 is 29.1 Å². The fraction of sp³-hybridized carbons (Fsp3) is 0.900. The molecule has 0 aliphatic carbocycles. The van der Waals surface area contributed by atoms with Crippen molar-refractivity contribution in [2.45, 2.75) is 44.4 Å². The van der Waals surface area contributed by atoms with Crippen molar-refractivity contribution in [3.63, 3.8) is 0 Å². The third-order valence-corrected chi connectivity index (χ3v) is 2.04. The average Bonchev–Trinajstić information content (AvgIpc) is 2.01. The van der Waals surface area contributed by atoms with Gasteiger partial charge in [-0.1, -0.05) is 6.92 Å². The minimum absolute atomic E-state index is 0.0220. The molecule has 0 fully saturated rings. The summed E-state index contributed by atoms with van der Waals surface area (Å²) >= 11 is 11.7. The molecule has 0 spiro atoms. The van der Waals surface area contributed by atoms with E-state index in [9.17, 15) is 4.79 Å². The zero-order chi connectivity index (χ0) is 11.1. The molecule has 2 unspecified atom stereocenters. The van der Waals surface area contributed by atoms with Gasteiger partial charge in [-0.2, -0.15) is 0 Å². The predicted octanol–water partition coefficient (Wildman–Crippen LogP) is 2.87. The Bertz CT molecular complexity index is 162. The van der Waals surface area contributed by atoms with Crippen molar-refractivity contribution < 1.29 is 4.79 Å². The smallest absolute Gasteiger partial charge is 0.222 e. The van der Waals surface area contributed by atoms with Gasteiger partial charge >= 0.3 is 0 Å². The predicted molar refractivity (Wildman–Crippen MR) is 62.1 cm³/mol. The summed E-state index contributed by atoms with van der Waals surface area (Å²) in [6.07, 6.45) is 1.44. The van der Waals surface area contributed by atoms with Gasteiger partial charge in [-0.25, -0.2) is 0 Å². The maximum Gasteiger partial charge on any atom is 0.222 e. The topological polar surface area (TPSA) is 20.3 Å². The molecule has 4 heteroatoms. The molecule has 0 rings (SSSR count). The summed E-state index contributed by atoms with van der Waals surface area (Å²) in [7, 11) is 0. The van der Waals surface area contributed by atoms with E-state index in [4.69, 9.17) is 23.2 Å². The molecular formula is C10H19Cl2NO. The van der Waals surface area contributed by atoms with Crippen molar-refractivity contribution in [3.05, 3.63) is 0 Å². The van der Waals surface area contributed by atoms with E-state index in [2.05, 4.69) is 0 Å². The Kier molecular flexibility index (Phi) is 7.38. The van der Waals surface area contributed by atoms with Gasteiger partial charge in [0.25, 0.3) is 0 Å². The van der Waals surface area contributed by atoms with Gasteiger partial charge in [0.1, 0.15) is 0 Å². The maximum absolute atomic E-state index is 11.6. The first kappa shape index (κ1) is 14.1. The Morgan fingerprint density at radius 3 is 1.93 bits per heavy atom. The molecular weight excluding hydrogens is 221 g/mol. The van der Waals surface area contributed by atoms with E-state index in [0.717, 1.165) is 6.42 Å². The van der Waals surface area contributed by atoms with Crippen LogP contribution in [0.25, 0.3) is 0 Å². The molecule has 0 bridgehead atoms. The van der Waals surface area contributed by atoms with Gasteiger partial charge in [0, 0.05) is 30.3 Å². The summed E-state index contributed by atoms with van der Waals surface area (Å²) in [5.74, 6) is 0.146. The fourth-order valence-corrected chi connectivity index (χ4v) is 1.59. The van der Waals surface area contributed by atoms with E-state index in [1.165, 1.54) is 0 Å². The number of hydrogen-bond donors (Lipinski definition) is 0. The molecule has 1 amide bonds. The SMILES string of the molecule is CCCC(=O)N(CC(C)Cl)CC(C)Cl. The second-order valence-electron chi connectivity index (χ2n) is 3.61. The summed E-state index contributed by atoms with van der Waals surface area (Å²) in [6, 6.07) is 0. The Balaban J connectivity index is 4.15. The number of nitrogens with zero attached hydrogens (tertiary/aromatic N) is 1. The summed E-state index contributed by atoms with van der Waals surface area (Å²) in [6.45, 7) is 6.92. The molecule has 2 nitrogen and oxygen atoms in total. The standard InChI is InChI=1S/C10H19Cl2NO/c1-4-5-10(14)13(6-8(2)11)7-9(3)12/h8-9H,4-7H2,1-3H3. The van der Waals surface area contributed by atoms with Crippen LogP contribution in [0.1, 0.15) is 33.6 Å². The quantitative estimate of drug-likeness (QED) is 0.654. The molecule has 0 heterocycles. The lowest BCUT2D eigenvalue weighted by Crippen LogP contribution is -2.38. The van der Waals surface area contributed by atoms with Crippen molar-refractivity contribution in [1.29, 1.82) is 0 Å². The van der Waals surface area contributed by atoms with E-state index < -0.39 is 0 Å². The van der Waals surface area contributed by atoms with E-state index >= 15 is 0 Å². The van der Waals surface area contributed by atoms with Gasteiger partial charge in [0.05, 0.1) is 0 Å². The first-order chi connectivity index (χ1) is 6.47. The minimum Gasteiger partial charge on any atom is -0.340 e. The first-order valence-corrected chi connectivity index (χ1v) is 5.90. The van der Waals surface area contributed by atoms with Gasteiger partial charge in [0.15, 0.2) is 0 Å². The van der Waals surface area contributed by atoms with Crippen LogP contribution in [-0.2, 0) is 4.79 Å². The third kappa shape index (κ3) is 6.50. The summed E-state index contributed by atoms with van der Waals surface area (Å²) in [5, 5.41) is -0.0440. The molecule has 0 aromatic heterocycles. The first-order valence-electron chi connectivity index (χ1n) is 5.03. The Morgan fingerprint density at radius 2 is 1.64 bits per heavy atom. The minimum atomic E-state index is -0.0220. The lowest BCUT2D eigenvalue weighted by Gasteiger charge is -2.24. The number of hydrogen-bond acceptors (Lipinski definition) is 1. The molecule has 84 valence electrons. The molecule has 0 saturated heterocycles. The van der Waals surface area contributed by atoms with Crippen LogP contribution in [0.2, 0.25) is 0 Å². The maximum atomic E-state index is 11.6. The second kappa shape index (κ2) is 7.36. The molecule has 14 heavy (non-hydrogen) atoms. The van der Waals surface area contributed by atoms with Gasteiger partial charge in [0.2, 0.25) is 5.91 Å². The van der Waals surface area contributed by atoms with Gasteiger partial charge in [-0.05, 0) is 20.3 Å². The van der Waals surface area contributed by atoms with Crippen molar-refractivity contribution in [2.75, 3.05) is 13.1 Å². The van der Waals surface area contributed by atoms with E-state index in [1.807, 2.05) is 20.8 Å². The second-order valence-corrected chi connectivity index (χ2v) is 5.10. The summed E-state index contributed by atoms with van der Waals surface area (Å²) < 4.78 is 0. The molecule has 2 atom stereocenters. The highest BCUT2D eigenvalue weighted by molar-refractivity contribution is 6.21. The monoisotopic (exact) mass is 239 g/mol. The normalized spacial score (nSPS) is 14.9. The van der Waals surface area contributed by atoms with Crippen LogP contribution in [-0.4, -0.2) is 34.7 Å². The van der Waals surface area contributed by atoms with Crippen LogP contribution in [0.3, 0.4) is 0 Å². The molecule has 0 aliphatic rings. The number of rotatable bonds is 6. The van der Waals surface area contributed by atoms with Gasteiger partial charge < -0.3 is 4.90 Å². The van der Waals surface area contributed by atoms with Crippen LogP contribution in [0.4, 0.5) is 0 Å². The highest BCUT2D eigenvalue weighted by atomic mass is 35.5. The zero-order valence-electron chi connectivity index (χ0n) is 9.09. The number of amides is 1. The summed E-state index contributed by atoms with van der Waals surface area (Å²) in [5.41, 5.74) is 0. The van der Waals surface area contributed by atoms with E-state index in [0.29, 0.717) is 19.5 Å². The Hall–Kier alpha value is 0.0500. The van der Waals surface area contributed by atoms with Crippen LogP contribution in [0, 0.1) is 0 Å². The molecule has 0 aromatic rings. The largest absolute Gasteiger partial charge is 0.340 e. The van der Waals surface area contributed by atoms with Gasteiger partial charge in [-0.15, -0.1) is 23.2 Å². The average molecular weight is 240 g/mol. The Labute approximate surface area is 96.6 Å². The van der Waals surface area contributed by atoms with E-state index in [-0.39, 0.29) is 16.7 Å². The number of carbonyl (C=O) groups is 1. The zero-order valence-corrected chi connectivity index (χ0v) is 10.6. The number of halogens is 2. The van der Waals surface area contributed by atoms with Gasteiger partial charge in [-0.3, -0.25) is 4.79 Å². The molecule has 0 saturated carbocycles. The summed E-state index contributed by atoms with van der Waals surface area (Å²) in [4.78, 5) is 13.4. The Morgan fingerprint density at radius 1 is 1.21 bits per heavy atom. The molecule has 0 N–H and O–H groups in total. The third-order valence-electron chi connectivity index (χ3n) is 1.76. The van der Waals surface area contributed by atoms with Crippen LogP contribution < -0.4 is 0 Å². The van der Waals surface area contributed by atoms with Crippen LogP contribution in [0.15, 0.2) is 0 Å². The van der Waals surface area contributed by atoms with Crippen molar-refractivity contribution in [1.82, 2.24) is 4.90 Å². The lowest BCUT2D eigenvalue weighted by molar-refractivity contribution is -0.131. The molecule has 0 radical (unpaired) electrons. The highest BCUT2D eigenvalue weighted by Gasteiger charge is 2.16. The fourth-order valence-electron chi connectivity index (χ4n) is 1.26. The lowest BCUT2D eigenvalue weighted by atomic mass is 10.2. The van der Waals surface area contributed by atoms with Crippen LogP contribution in [0.5, 0.6) is 0 Å². The molecule has 0 aromatic carbocycles. The van der Waals surface area contributed by atoms with Crippen LogP contribution >= 0.6 is 23.2 Å². The highest BCUT2D eigenvalue weighted by Crippen LogP contribution is 2.06. The van der Waals surface area contributed by atoms with Crippen molar-refractivity contribution in [3.8, 4) is 0 Å². The molecule has 0 aliphatic heterocycles. The number of alkyl halides is 2. The van der Waals surface area contributed by atoms with E-state index in [1.54, 1.807) is 4.90 Å².